The minimum absolute atomic E-state index is 0.0512. The molecule has 0 saturated heterocycles. The van der Waals surface area contributed by atoms with Gasteiger partial charge in [-0.1, -0.05) is 6.07 Å². The summed E-state index contributed by atoms with van der Waals surface area (Å²) in [5, 5.41) is 5.39. The molecule has 2 N–H and O–H groups in total. The van der Waals surface area contributed by atoms with Crippen molar-refractivity contribution >= 4 is 54.4 Å². The van der Waals surface area contributed by atoms with Crippen molar-refractivity contribution in [3.8, 4) is 0 Å². The molecule has 0 fully saturated rings. The fourth-order valence-electron chi connectivity index (χ4n) is 2.28. The summed E-state index contributed by atoms with van der Waals surface area (Å²) in [4.78, 5) is -0.0512. The lowest BCUT2D eigenvalue weighted by Gasteiger charge is -2.16. The van der Waals surface area contributed by atoms with Gasteiger partial charge in [-0.3, -0.25) is 4.72 Å². The highest BCUT2D eigenvalue weighted by molar-refractivity contribution is 9.10. The third kappa shape index (κ3) is 4.12. The molecule has 0 bridgehead atoms. The normalized spacial score (nSPS) is 11.4. The molecule has 0 amide bonds. The van der Waals surface area contributed by atoms with Crippen molar-refractivity contribution in [2.45, 2.75) is 11.8 Å². The second kappa shape index (κ2) is 7.53. The SMILES string of the molecule is Cc1ccc(Nc2c(NS(=O)(=O)c3cscc3Br)ccc(F)c2F)c(F)c1. The van der Waals surface area contributed by atoms with Crippen molar-refractivity contribution in [1.29, 1.82) is 0 Å². The van der Waals surface area contributed by atoms with Crippen molar-refractivity contribution in [2.24, 2.45) is 0 Å². The Morgan fingerprint density at radius 2 is 1.70 bits per heavy atom. The first-order valence-corrected chi connectivity index (χ1v) is 10.7. The largest absolute Gasteiger partial charge is 0.349 e. The van der Waals surface area contributed by atoms with Crippen LogP contribution in [0.5, 0.6) is 0 Å². The summed E-state index contributed by atoms with van der Waals surface area (Å²) >= 11 is 4.28. The predicted molar refractivity (Wildman–Crippen MR) is 104 cm³/mol. The number of hydrogen-bond donors (Lipinski definition) is 2. The second-order valence-corrected chi connectivity index (χ2v) is 8.83. The molecule has 142 valence electrons. The van der Waals surface area contributed by atoms with E-state index >= 15 is 0 Å². The van der Waals surface area contributed by atoms with Crippen molar-refractivity contribution in [2.75, 3.05) is 10.0 Å². The Morgan fingerprint density at radius 3 is 2.33 bits per heavy atom. The van der Waals surface area contributed by atoms with Gasteiger partial charge in [0.1, 0.15) is 16.4 Å². The molecule has 1 heterocycles. The van der Waals surface area contributed by atoms with Crippen molar-refractivity contribution in [3.63, 3.8) is 0 Å². The zero-order valence-corrected chi connectivity index (χ0v) is 16.9. The monoisotopic (exact) mass is 476 g/mol. The molecule has 10 heteroatoms. The van der Waals surface area contributed by atoms with Crippen LogP contribution in [-0.4, -0.2) is 8.42 Å². The molecule has 27 heavy (non-hydrogen) atoms. The number of sulfonamides is 1. The van der Waals surface area contributed by atoms with Crippen LogP contribution in [0.25, 0.3) is 0 Å². The maximum absolute atomic E-state index is 14.4. The van der Waals surface area contributed by atoms with Crippen LogP contribution >= 0.6 is 27.3 Å². The van der Waals surface area contributed by atoms with Crippen LogP contribution in [-0.2, 0) is 10.0 Å². The zero-order chi connectivity index (χ0) is 19.8. The van der Waals surface area contributed by atoms with Crippen molar-refractivity contribution < 1.29 is 21.6 Å². The Kier molecular flexibility index (Phi) is 5.50. The lowest BCUT2D eigenvalue weighted by Crippen LogP contribution is -2.15. The molecule has 0 spiro atoms. The number of rotatable bonds is 5. The summed E-state index contributed by atoms with van der Waals surface area (Å²) in [6.07, 6.45) is 0. The average Bonchev–Trinajstić information content (AvgIpc) is 3.03. The summed E-state index contributed by atoms with van der Waals surface area (Å²) in [5.41, 5.74) is -0.261. The minimum Gasteiger partial charge on any atom is -0.349 e. The summed E-state index contributed by atoms with van der Waals surface area (Å²) in [7, 11) is -4.07. The first kappa shape index (κ1) is 19.7. The van der Waals surface area contributed by atoms with Crippen LogP contribution < -0.4 is 10.0 Å². The zero-order valence-electron chi connectivity index (χ0n) is 13.7. The van der Waals surface area contributed by atoms with Gasteiger partial charge in [0.2, 0.25) is 0 Å². The summed E-state index contributed by atoms with van der Waals surface area (Å²) in [6.45, 7) is 1.67. The minimum atomic E-state index is -4.07. The number of hydrogen-bond acceptors (Lipinski definition) is 4. The smallest absolute Gasteiger partial charge is 0.263 e. The van der Waals surface area contributed by atoms with E-state index < -0.39 is 33.2 Å². The molecular formula is C17H12BrF3N2O2S2. The number of anilines is 3. The van der Waals surface area contributed by atoms with E-state index in [-0.39, 0.29) is 16.3 Å². The van der Waals surface area contributed by atoms with Crippen LogP contribution in [0, 0.1) is 24.4 Å². The van der Waals surface area contributed by atoms with Crippen LogP contribution in [0.4, 0.5) is 30.2 Å². The van der Waals surface area contributed by atoms with Gasteiger partial charge in [-0.15, -0.1) is 11.3 Å². The third-order valence-electron chi connectivity index (χ3n) is 3.59. The molecular weight excluding hydrogens is 465 g/mol. The van der Waals surface area contributed by atoms with E-state index in [1.165, 1.54) is 17.5 Å². The third-order valence-corrected chi connectivity index (χ3v) is 7.11. The van der Waals surface area contributed by atoms with Crippen LogP contribution in [0.3, 0.4) is 0 Å². The van der Waals surface area contributed by atoms with Gasteiger partial charge >= 0.3 is 0 Å². The number of thiophene rings is 1. The van der Waals surface area contributed by atoms with Gasteiger partial charge in [-0.05, 0) is 52.7 Å². The van der Waals surface area contributed by atoms with Gasteiger partial charge in [-0.2, -0.15) is 0 Å². The fourth-order valence-corrected chi connectivity index (χ4v) is 5.70. The molecule has 0 saturated carbocycles. The van der Waals surface area contributed by atoms with E-state index in [2.05, 4.69) is 26.0 Å². The second-order valence-electron chi connectivity index (χ2n) is 5.58. The van der Waals surface area contributed by atoms with Gasteiger partial charge in [-0.25, -0.2) is 21.6 Å². The first-order valence-electron chi connectivity index (χ1n) is 7.44. The van der Waals surface area contributed by atoms with Gasteiger partial charge in [0.15, 0.2) is 11.6 Å². The van der Waals surface area contributed by atoms with E-state index in [4.69, 9.17) is 0 Å². The van der Waals surface area contributed by atoms with Gasteiger partial charge < -0.3 is 5.32 Å². The highest BCUT2D eigenvalue weighted by atomic mass is 79.9. The van der Waals surface area contributed by atoms with E-state index in [9.17, 15) is 21.6 Å². The summed E-state index contributed by atoms with van der Waals surface area (Å²) in [6, 6.07) is 5.99. The number of nitrogens with one attached hydrogen (secondary N) is 2. The number of benzene rings is 2. The van der Waals surface area contributed by atoms with Crippen LogP contribution in [0.15, 0.2) is 50.5 Å². The molecule has 1 aromatic heterocycles. The summed E-state index contributed by atoms with van der Waals surface area (Å²) < 4.78 is 69.8. The highest BCUT2D eigenvalue weighted by Gasteiger charge is 2.23. The predicted octanol–water partition coefficient (Wildman–Crippen LogP) is 5.78. The maximum Gasteiger partial charge on any atom is 0.263 e. The molecule has 0 aliphatic rings. The first-order chi connectivity index (χ1) is 12.7. The Morgan fingerprint density at radius 1 is 1.00 bits per heavy atom. The molecule has 0 radical (unpaired) electrons. The van der Waals surface area contributed by atoms with E-state index in [0.29, 0.717) is 10.0 Å². The van der Waals surface area contributed by atoms with Crippen molar-refractivity contribution in [3.05, 3.63) is 68.6 Å². The quantitative estimate of drug-likeness (QED) is 0.490. The Hall–Kier alpha value is -2.04. The molecule has 2 aromatic carbocycles. The Bertz CT molecular complexity index is 1120. The van der Waals surface area contributed by atoms with Crippen LogP contribution in [0.1, 0.15) is 5.56 Å². The molecule has 0 atom stereocenters. The molecule has 3 aromatic rings. The van der Waals surface area contributed by atoms with Gasteiger partial charge in [0.25, 0.3) is 10.0 Å². The van der Waals surface area contributed by atoms with E-state index in [0.717, 1.165) is 23.5 Å². The van der Waals surface area contributed by atoms with Crippen LogP contribution in [0.2, 0.25) is 0 Å². The van der Waals surface area contributed by atoms with E-state index in [1.807, 2.05) is 0 Å². The number of halogens is 4. The Labute approximate surface area is 166 Å². The Balaban J connectivity index is 2.04. The molecule has 0 aliphatic heterocycles. The average molecular weight is 477 g/mol. The standard InChI is InChI=1S/C17H12BrF3N2O2S2/c1-9-2-4-13(12(20)6-9)22-17-14(5-3-11(19)16(17)21)23-27(24,25)15-8-26-7-10(15)18/h2-8,22-23H,1H3. The van der Waals surface area contributed by atoms with Crippen molar-refractivity contribution in [1.82, 2.24) is 0 Å². The maximum atomic E-state index is 14.4. The lowest BCUT2D eigenvalue weighted by molar-refractivity contribution is 0.512. The number of aryl methyl sites for hydroxylation is 1. The van der Waals surface area contributed by atoms with Gasteiger partial charge in [0.05, 0.1) is 11.4 Å². The summed E-state index contributed by atoms with van der Waals surface area (Å²) in [5.74, 6) is -3.22. The lowest BCUT2D eigenvalue weighted by atomic mass is 10.2. The topological polar surface area (TPSA) is 58.2 Å². The molecule has 0 unspecified atom stereocenters. The molecule has 3 rings (SSSR count). The fraction of sp³-hybridized carbons (Fsp3) is 0.0588. The molecule has 4 nitrogen and oxygen atoms in total. The highest BCUT2D eigenvalue weighted by Crippen LogP contribution is 2.34. The van der Waals surface area contributed by atoms with Gasteiger partial charge in [0, 0.05) is 15.2 Å². The van der Waals surface area contributed by atoms with E-state index in [1.54, 1.807) is 18.4 Å². The molecule has 0 aliphatic carbocycles.